The van der Waals surface area contributed by atoms with Crippen molar-refractivity contribution in [1.29, 1.82) is 0 Å². The van der Waals surface area contributed by atoms with Crippen molar-refractivity contribution in [3.05, 3.63) is 70.4 Å². The Morgan fingerprint density at radius 2 is 1.92 bits per heavy atom. The molecule has 0 aromatic heterocycles. The fraction of sp³-hybridized carbons (Fsp3) is 0.158. The van der Waals surface area contributed by atoms with Gasteiger partial charge in [0, 0.05) is 17.7 Å². The smallest absolute Gasteiger partial charge is 0.266 e. The summed E-state index contributed by atoms with van der Waals surface area (Å²) in [5.74, 6) is 0.192. The Balaban J connectivity index is 1.82. The summed E-state index contributed by atoms with van der Waals surface area (Å²) in [6, 6.07) is 13.9. The molecule has 0 bridgehead atoms. The average molecular weight is 373 g/mol. The first-order chi connectivity index (χ1) is 12.1. The zero-order chi connectivity index (χ0) is 17.8. The van der Waals surface area contributed by atoms with Gasteiger partial charge in [0.05, 0.1) is 4.91 Å². The van der Waals surface area contributed by atoms with E-state index < -0.39 is 0 Å². The molecular formula is C19H16FNO2S2. The van der Waals surface area contributed by atoms with Crippen LogP contribution >= 0.6 is 24.0 Å². The predicted octanol–water partition coefficient (Wildman–Crippen LogP) is 4.63. The van der Waals surface area contributed by atoms with E-state index in [-0.39, 0.29) is 18.3 Å². The number of thioether (sulfide) groups is 1. The van der Waals surface area contributed by atoms with Crippen molar-refractivity contribution in [3.63, 3.8) is 0 Å². The highest BCUT2D eigenvalue weighted by Crippen LogP contribution is 2.34. The number of hydrogen-bond acceptors (Lipinski definition) is 4. The number of benzene rings is 2. The van der Waals surface area contributed by atoms with Crippen molar-refractivity contribution in [2.24, 2.45) is 0 Å². The van der Waals surface area contributed by atoms with Crippen LogP contribution in [0.5, 0.6) is 5.75 Å². The number of para-hydroxylation sites is 1. The minimum Gasteiger partial charge on any atom is -0.488 e. The van der Waals surface area contributed by atoms with Gasteiger partial charge >= 0.3 is 0 Å². The van der Waals surface area contributed by atoms with Crippen molar-refractivity contribution >= 4 is 40.3 Å². The minimum absolute atomic E-state index is 0.0959. The lowest BCUT2D eigenvalue weighted by atomic mass is 10.1. The SMILES string of the molecule is CCN1C(=O)/C(=C\c2ccccc2OCc2ccccc2F)SC1=S. The molecule has 128 valence electrons. The van der Waals surface area contributed by atoms with E-state index in [0.717, 1.165) is 5.56 Å². The maximum Gasteiger partial charge on any atom is 0.266 e. The first-order valence-corrected chi connectivity index (χ1v) is 9.03. The zero-order valence-electron chi connectivity index (χ0n) is 13.6. The van der Waals surface area contributed by atoms with Gasteiger partial charge in [0.2, 0.25) is 0 Å². The molecule has 1 aliphatic heterocycles. The van der Waals surface area contributed by atoms with Crippen LogP contribution in [0, 0.1) is 5.82 Å². The molecule has 2 aromatic rings. The Bertz CT molecular complexity index is 851. The Morgan fingerprint density at radius 3 is 2.64 bits per heavy atom. The summed E-state index contributed by atoms with van der Waals surface area (Å²) in [4.78, 5) is 14.5. The molecule has 1 fully saturated rings. The molecule has 1 aliphatic rings. The fourth-order valence-corrected chi connectivity index (χ4v) is 3.79. The van der Waals surface area contributed by atoms with Crippen LogP contribution in [0.3, 0.4) is 0 Å². The molecule has 25 heavy (non-hydrogen) atoms. The van der Waals surface area contributed by atoms with E-state index in [1.165, 1.54) is 17.8 Å². The first kappa shape index (κ1) is 17.6. The number of thiocarbonyl (C=S) groups is 1. The summed E-state index contributed by atoms with van der Waals surface area (Å²) in [6.45, 7) is 2.56. The minimum atomic E-state index is -0.302. The lowest BCUT2D eigenvalue weighted by Crippen LogP contribution is -2.27. The van der Waals surface area contributed by atoms with Crippen molar-refractivity contribution in [2.45, 2.75) is 13.5 Å². The zero-order valence-corrected chi connectivity index (χ0v) is 15.2. The highest BCUT2D eigenvalue weighted by atomic mass is 32.2. The quantitative estimate of drug-likeness (QED) is 0.565. The summed E-state index contributed by atoms with van der Waals surface area (Å²) < 4.78 is 20.1. The maximum absolute atomic E-state index is 13.7. The molecule has 6 heteroatoms. The van der Waals surface area contributed by atoms with E-state index in [0.29, 0.717) is 27.1 Å². The second-order valence-electron chi connectivity index (χ2n) is 5.34. The van der Waals surface area contributed by atoms with Crippen LogP contribution < -0.4 is 4.74 Å². The normalized spacial score (nSPS) is 15.9. The van der Waals surface area contributed by atoms with Gasteiger partial charge in [-0.05, 0) is 25.1 Å². The second kappa shape index (κ2) is 7.80. The molecule has 3 nitrogen and oxygen atoms in total. The van der Waals surface area contributed by atoms with Gasteiger partial charge in [-0.15, -0.1) is 0 Å². The van der Waals surface area contributed by atoms with Crippen molar-refractivity contribution in [3.8, 4) is 5.75 Å². The monoisotopic (exact) mass is 373 g/mol. The van der Waals surface area contributed by atoms with Gasteiger partial charge in [0.25, 0.3) is 5.91 Å². The summed E-state index contributed by atoms with van der Waals surface area (Å²) >= 11 is 6.51. The molecule has 1 saturated heterocycles. The lowest BCUT2D eigenvalue weighted by molar-refractivity contribution is -0.121. The van der Waals surface area contributed by atoms with E-state index in [4.69, 9.17) is 17.0 Å². The van der Waals surface area contributed by atoms with Crippen LogP contribution in [0.2, 0.25) is 0 Å². The van der Waals surface area contributed by atoms with Crippen molar-refractivity contribution in [2.75, 3.05) is 6.54 Å². The molecule has 0 aliphatic carbocycles. The van der Waals surface area contributed by atoms with Gasteiger partial charge in [-0.2, -0.15) is 0 Å². The Hall–Kier alpha value is -2.18. The van der Waals surface area contributed by atoms with Gasteiger partial charge in [-0.3, -0.25) is 9.69 Å². The molecule has 0 N–H and O–H groups in total. The molecule has 0 radical (unpaired) electrons. The van der Waals surface area contributed by atoms with Gasteiger partial charge in [-0.1, -0.05) is 60.4 Å². The third-order valence-corrected chi connectivity index (χ3v) is 5.11. The van der Waals surface area contributed by atoms with E-state index in [1.807, 2.05) is 25.1 Å². The van der Waals surface area contributed by atoms with Crippen LogP contribution in [0.4, 0.5) is 4.39 Å². The summed E-state index contributed by atoms with van der Waals surface area (Å²) in [7, 11) is 0. The van der Waals surface area contributed by atoms with E-state index in [2.05, 4.69) is 0 Å². The number of halogens is 1. The molecule has 3 rings (SSSR count). The third kappa shape index (κ3) is 3.91. The molecule has 2 aromatic carbocycles. The standard InChI is InChI=1S/C19H16FNO2S2/c1-2-21-18(22)17(25-19(21)24)11-13-7-4-6-10-16(13)23-12-14-8-3-5-9-15(14)20/h3-11H,2,12H2,1H3/b17-11+. The number of carbonyl (C=O) groups is 1. The van der Waals surface area contributed by atoms with E-state index in [1.54, 1.807) is 35.2 Å². The molecule has 0 atom stereocenters. The van der Waals surface area contributed by atoms with Gasteiger partial charge in [0.15, 0.2) is 0 Å². The number of amides is 1. The Labute approximate surface area is 155 Å². The number of carbonyl (C=O) groups excluding carboxylic acids is 1. The van der Waals surface area contributed by atoms with Crippen LogP contribution in [-0.2, 0) is 11.4 Å². The largest absolute Gasteiger partial charge is 0.488 e. The van der Waals surface area contributed by atoms with Crippen molar-refractivity contribution in [1.82, 2.24) is 4.90 Å². The number of likely N-dealkylation sites (N-methyl/N-ethyl adjacent to an activating group) is 1. The maximum atomic E-state index is 13.7. The van der Waals surface area contributed by atoms with E-state index in [9.17, 15) is 9.18 Å². The van der Waals surface area contributed by atoms with E-state index >= 15 is 0 Å². The summed E-state index contributed by atoms with van der Waals surface area (Å²) in [5.41, 5.74) is 1.24. The molecule has 1 heterocycles. The molecule has 0 saturated carbocycles. The topological polar surface area (TPSA) is 29.5 Å². The highest BCUT2D eigenvalue weighted by molar-refractivity contribution is 8.26. The molecule has 1 amide bonds. The van der Waals surface area contributed by atoms with Gasteiger partial charge in [-0.25, -0.2) is 4.39 Å². The second-order valence-corrected chi connectivity index (χ2v) is 7.02. The Kier molecular flexibility index (Phi) is 5.50. The van der Waals surface area contributed by atoms with Crippen molar-refractivity contribution < 1.29 is 13.9 Å². The lowest BCUT2D eigenvalue weighted by Gasteiger charge is -2.11. The number of ether oxygens (including phenoxy) is 1. The first-order valence-electron chi connectivity index (χ1n) is 7.80. The Morgan fingerprint density at radius 1 is 1.20 bits per heavy atom. The average Bonchev–Trinajstić information content (AvgIpc) is 2.88. The third-order valence-electron chi connectivity index (χ3n) is 3.74. The molecule has 0 spiro atoms. The molecular weight excluding hydrogens is 357 g/mol. The summed E-state index contributed by atoms with van der Waals surface area (Å²) in [6.07, 6.45) is 1.77. The van der Waals surface area contributed by atoms with Gasteiger partial charge < -0.3 is 4.74 Å². The van der Waals surface area contributed by atoms with Gasteiger partial charge in [0.1, 0.15) is 22.5 Å². The number of hydrogen-bond donors (Lipinski definition) is 0. The van der Waals surface area contributed by atoms with Crippen LogP contribution in [0.25, 0.3) is 6.08 Å². The number of nitrogens with zero attached hydrogens (tertiary/aromatic N) is 1. The van der Waals surface area contributed by atoms with Crippen LogP contribution in [0.15, 0.2) is 53.4 Å². The van der Waals surface area contributed by atoms with Crippen LogP contribution in [-0.4, -0.2) is 21.7 Å². The highest BCUT2D eigenvalue weighted by Gasteiger charge is 2.30. The molecule has 0 unspecified atom stereocenters. The number of rotatable bonds is 5. The summed E-state index contributed by atoms with van der Waals surface area (Å²) in [5, 5.41) is 0. The van der Waals surface area contributed by atoms with Crippen LogP contribution in [0.1, 0.15) is 18.1 Å². The predicted molar refractivity (Wildman–Crippen MR) is 103 cm³/mol. The fourth-order valence-electron chi connectivity index (χ4n) is 2.42.